The summed E-state index contributed by atoms with van der Waals surface area (Å²) in [7, 11) is 0. The van der Waals surface area contributed by atoms with Crippen molar-refractivity contribution in [1.29, 1.82) is 0 Å². The highest BCUT2D eigenvalue weighted by Gasteiger charge is 2.32. The molecule has 0 bridgehead atoms. The normalized spacial score (nSPS) is 19.7. The molecular formula is C28H32. The smallest absolute Gasteiger partial charge is 0.0506 e. The summed E-state index contributed by atoms with van der Waals surface area (Å²) in [5.74, 6) is 15.3. The van der Waals surface area contributed by atoms with Crippen molar-refractivity contribution in [2.24, 2.45) is 17.3 Å². The van der Waals surface area contributed by atoms with Crippen LogP contribution in [0, 0.1) is 40.9 Å². The maximum atomic E-state index is 3.65. The first-order chi connectivity index (χ1) is 13.4. The summed E-state index contributed by atoms with van der Waals surface area (Å²) < 4.78 is 0. The van der Waals surface area contributed by atoms with Crippen molar-refractivity contribution in [3.63, 3.8) is 0 Å². The van der Waals surface area contributed by atoms with Gasteiger partial charge in [0.05, 0.1) is 5.41 Å². The van der Waals surface area contributed by atoms with E-state index < -0.39 is 0 Å². The van der Waals surface area contributed by atoms with Crippen LogP contribution in [0.5, 0.6) is 0 Å². The van der Waals surface area contributed by atoms with Crippen molar-refractivity contribution in [3.8, 4) is 23.7 Å². The van der Waals surface area contributed by atoms with Gasteiger partial charge in [-0.25, -0.2) is 0 Å². The number of benzene rings is 2. The highest BCUT2D eigenvalue weighted by molar-refractivity contribution is 5.35. The molecule has 0 spiro atoms. The minimum absolute atomic E-state index is 0.0455. The molecule has 28 heavy (non-hydrogen) atoms. The van der Waals surface area contributed by atoms with Crippen LogP contribution in [0.25, 0.3) is 0 Å². The summed E-state index contributed by atoms with van der Waals surface area (Å²) in [6, 6.07) is 20.9. The van der Waals surface area contributed by atoms with Gasteiger partial charge in [0, 0.05) is 16.9 Å². The number of rotatable bonds is 2. The third-order valence-electron chi connectivity index (χ3n) is 6.13. The minimum Gasteiger partial charge on any atom is -0.0959 e. The molecule has 0 N–H and O–H groups in total. The maximum Gasteiger partial charge on any atom is 0.0506 e. The van der Waals surface area contributed by atoms with E-state index in [0.29, 0.717) is 11.8 Å². The van der Waals surface area contributed by atoms with Gasteiger partial charge in [-0.1, -0.05) is 72.2 Å². The van der Waals surface area contributed by atoms with Crippen molar-refractivity contribution < 1.29 is 0 Å². The van der Waals surface area contributed by atoms with Gasteiger partial charge in [-0.2, -0.15) is 0 Å². The molecule has 1 aliphatic rings. The average molecular weight is 369 g/mol. The Morgan fingerprint density at radius 3 is 1.89 bits per heavy atom. The lowest BCUT2D eigenvalue weighted by atomic mass is 9.68. The molecule has 0 nitrogen and oxygen atoms in total. The molecule has 2 aromatic rings. The van der Waals surface area contributed by atoms with E-state index in [1.54, 1.807) is 0 Å². The van der Waals surface area contributed by atoms with Crippen LogP contribution in [0.2, 0.25) is 0 Å². The fourth-order valence-electron chi connectivity index (χ4n) is 4.01. The predicted molar refractivity (Wildman–Crippen MR) is 120 cm³/mol. The first-order valence-electron chi connectivity index (χ1n) is 10.5. The largest absolute Gasteiger partial charge is 0.0959 e. The fourth-order valence-corrected chi connectivity index (χ4v) is 4.01. The SMILES string of the molecule is CC(C)(C#CC(C)(C)C1CCC(C#Cc2ccccc2)CC1)c1ccccc1. The van der Waals surface area contributed by atoms with Gasteiger partial charge in [0.2, 0.25) is 0 Å². The first-order valence-corrected chi connectivity index (χ1v) is 10.5. The molecule has 1 aliphatic carbocycles. The molecule has 0 saturated heterocycles. The van der Waals surface area contributed by atoms with E-state index in [2.05, 4.69) is 106 Å². The molecule has 0 atom stereocenters. The lowest BCUT2D eigenvalue weighted by Gasteiger charge is -2.35. The van der Waals surface area contributed by atoms with Crippen LogP contribution >= 0.6 is 0 Å². The second-order valence-electron chi connectivity index (χ2n) is 9.15. The Labute approximate surface area is 171 Å². The Balaban J connectivity index is 1.62. The average Bonchev–Trinajstić information content (AvgIpc) is 2.73. The maximum absolute atomic E-state index is 3.65. The predicted octanol–water partition coefficient (Wildman–Crippen LogP) is 6.85. The third kappa shape index (κ3) is 5.30. The lowest BCUT2D eigenvalue weighted by molar-refractivity contribution is 0.200. The van der Waals surface area contributed by atoms with E-state index in [1.807, 2.05) is 6.07 Å². The minimum atomic E-state index is -0.114. The molecule has 0 heterocycles. The van der Waals surface area contributed by atoms with Gasteiger partial charge >= 0.3 is 0 Å². The fraction of sp³-hybridized carbons (Fsp3) is 0.429. The summed E-state index contributed by atoms with van der Waals surface area (Å²) in [4.78, 5) is 0. The van der Waals surface area contributed by atoms with Gasteiger partial charge in [-0.15, -0.1) is 0 Å². The Bertz CT molecular complexity index is 871. The van der Waals surface area contributed by atoms with Gasteiger partial charge in [-0.3, -0.25) is 0 Å². The molecule has 0 unspecified atom stereocenters. The molecule has 0 aliphatic heterocycles. The van der Waals surface area contributed by atoms with E-state index in [4.69, 9.17) is 0 Å². The van der Waals surface area contributed by atoms with Gasteiger partial charge in [0.15, 0.2) is 0 Å². The highest BCUT2D eigenvalue weighted by Crippen LogP contribution is 2.40. The lowest BCUT2D eigenvalue weighted by Crippen LogP contribution is -2.27. The summed E-state index contributed by atoms with van der Waals surface area (Å²) in [5.41, 5.74) is 2.35. The zero-order valence-electron chi connectivity index (χ0n) is 17.8. The Morgan fingerprint density at radius 2 is 1.29 bits per heavy atom. The standard InChI is InChI=1S/C28H32/c1-27(2,25-13-9-6-10-14-25)21-22-28(3,4)26-19-17-24(18-20-26)16-15-23-11-7-5-8-12-23/h5-14,24,26H,17-20H2,1-4H3. The zero-order valence-corrected chi connectivity index (χ0v) is 17.8. The second-order valence-corrected chi connectivity index (χ2v) is 9.15. The highest BCUT2D eigenvalue weighted by atomic mass is 14.3. The van der Waals surface area contributed by atoms with E-state index in [9.17, 15) is 0 Å². The van der Waals surface area contributed by atoms with Crippen LogP contribution in [-0.4, -0.2) is 0 Å². The van der Waals surface area contributed by atoms with Gasteiger partial charge in [-0.05, 0) is 77.0 Å². The molecule has 1 saturated carbocycles. The van der Waals surface area contributed by atoms with Crippen molar-refractivity contribution in [2.45, 2.75) is 58.8 Å². The van der Waals surface area contributed by atoms with Gasteiger partial charge in [0.25, 0.3) is 0 Å². The Hall–Kier alpha value is -2.44. The van der Waals surface area contributed by atoms with Crippen LogP contribution in [0.4, 0.5) is 0 Å². The first kappa shape index (κ1) is 20.3. The van der Waals surface area contributed by atoms with E-state index in [-0.39, 0.29) is 10.8 Å². The van der Waals surface area contributed by atoms with Crippen LogP contribution < -0.4 is 0 Å². The second kappa shape index (κ2) is 8.71. The van der Waals surface area contributed by atoms with E-state index in [1.165, 1.54) is 31.2 Å². The number of hydrogen-bond acceptors (Lipinski definition) is 0. The topological polar surface area (TPSA) is 0 Å². The van der Waals surface area contributed by atoms with Crippen molar-refractivity contribution in [2.75, 3.05) is 0 Å². The van der Waals surface area contributed by atoms with Gasteiger partial charge in [0.1, 0.15) is 0 Å². The molecule has 2 aromatic carbocycles. The monoisotopic (exact) mass is 368 g/mol. The molecule has 0 amide bonds. The molecule has 3 rings (SSSR count). The summed E-state index contributed by atoms with van der Waals surface area (Å²) in [6.07, 6.45) is 4.83. The van der Waals surface area contributed by atoms with Crippen LogP contribution in [0.3, 0.4) is 0 Å². The van der Waals surface area contributed by atoms with Crippen LogP contribution in [-0.2, 0) is 5.41 Å². The summed E-state index contributed by atoms with van der Waals surface area (Å²) in [5, 5.41) is 0. The van der Waals surface area contributed by atoms with Crippen molar-refractivity contribution >= 4 is 0 Å². The molecule has 0 radical (unpaired) electrons. The summed E-state index contributed by atoms with van der Waals surface area (Å²) >= 11 is 0. The molecule has 144 valence electrons. The third-order valence-corrected chi connectivity index (χ3v) is 6.13. The summed E-state index contributed by atoms with van der Waals surface area (Å²) in [6.45, 7) is 9.09. The number of hydrogen-bond donors (Lipinski definition) is 0. The van der Waals surface area contributed by atoms with E-state index in [0.717, 1.165) is 5.56 Å². The quantitative estimate of drug-likeness (QED) is 0.508. The molecule has 0 aromatic heterocycles. The van der Waals surface area contributed by atoms with Crippen LogP contribution in [0.15, 0.2) is 60.7 Å². The van der Waals surface area contributed by atoms with E-state index >= 15 is 0 Å². The Kier molecular flexibility index (Phi) is 6.31. The zero-order chi connectivity index (χ0) is 20.0. The van der Waals surface area contributed by atoms with Crippen LogP contribution in [0.1, 0.15) is 64.5 Å². The van der Waals surface area contributed by atoms with Crippen molar-refractivity contribution in [3.05, 3.63) is 71.8 Å². The van der Waals surface area contributed by atoms with Gasteiger partial charge < -0.3 is 0 Å². The Morgan fingerprint density at radius 1 is 0.714 bits per heavy atom. The molecule has 1 fully saturated rings. The molecule has 0 heteroatoms. The van der Waals surface area contributed by atoms with Crippen molar-refractivity contribution in [1.82, 2.24) is 0 Å². The molecular weight excluding hydrogens is 336 g/mol.